The van der Waals surface area contributed by atoms with Gasteiger partial charge in [0, 0.05) is 20.1 Å². The van der Waals surface area contributed by atoms with Crippen LogP contribution in [0, 0.1) is 23.7 Å². The highest BCUT2D eigenvalue weighted by Crippen LogP contribution is 2.43. The first-order valence-electron chi connectivity index (χ1n) is 18.1. The van der Waals surface area contributed by atoms with Gasteiger partial charge >= 0.3 is 5.97 Å². The number of hydrogen-bond acceptors (Lipinski definition) is 3. The second kappa shape index (κ2) is 27.7. The number of esters is 1. The molecule has 0 saturated heterocycles. The fourth-order valence-electron chi connectivity index (χ4n) is 6.81. The number of allylic oxidation sites excluding steroid dienone is 4. The van der Waals surface area contributed by atoms with E-state index in [9.17, 15) is 4.79 Å². The van der Waals surface area contributed by atoms with Crippen molar-refractivity contribution in [3.8, 4) is 0 Å². The van der Waals surface area contributed by atoms with Crippen molar-refractivity contribution >= 4 is 5.97 Å². The predicted octanol–water partition coefficient (Wildman–Crippen LogP) is 11.8. The molecule has 1 aliphatic carbocycles. The average Bonchev–Trinajstić information content (AvgIpc) is 2.99. The zero-order chi connectivity index (χ0) is 29.8. The molecule has 0 saturated carbocycles. The molecule has 1 rings (SSSR count). The molecule has 0 amide bonds. The van der Waals surface area contributed by atoms with Crippen molar-refractivity contribution in [2.24, 2.45) is 23.7 Å². The van der Waals surface area contributed by atoms with Crippen LogP contribution >= 0.6 is 0 Å². The van der Waals surface area contributed by atoms with E-state index in [2.05, 4.69) is 38.2 Å². The molecule has 0 N–H and O–H groups in total. The maximum absolute atomic E-state index is 11.4. The second-order valence-electron chi connectivity index (χ2n) is 12.9. The lowest BCUT2D eigenvalue weighted by Gasteiger charge is -2.39. The Bertz CT molecular complexity index is 639. The Morgan fingerprint density at radius 3 is 1.83 bits per heavy atom. The molecule has 0 aromatic heterocycles. The van der Waals surface area contributed by atoms with Crippen molar-refractivity contribution in [2.75, 3.05) is 20.8 Å². The SMILES string of the molecule is CCCCCCC1C=CC(CCCCCCCC(=O)OC)C(/C=C/CCCCCCCCOC)C1CCCCCC. The first-order valence-corrected chi connectivity index (χ1v) is 18.1. The monoisotopic (exact) mass is 575 g/mol. The fraction of sp³-hybridized carbons (Fsp3) is 0.868. The summed E-state index contributed by atoms with van der Waals surface area (Å²) in [4.78, 5) is 11.4. The van der Waals surface area contributed by atoms with Gasteiger partial charge < -0.3 is 9.47 Å². The van der Waals surface area contributed by atoms with Crippen molar-refractivity contribution in [1.29, 1.82) is 0 Å². The van der Waals surface area contributed by atoms with Crippen LogP contribution in [0.15, 0.2) is 24.3 Å². The summed E-state index contributed by atoms with van der Waals surface area (Å²) in [5.41, 5.74) is 0. The van der Waals surface area contributed by atoms with Gasteiger partial charge in [0.1, 0.15) is 0 Å². The summed E-state index contributed by atoms with van der Waals surface area (Å²) in [5, 5.41) is 0. The maximum Gasteiger partial charge on any atom is 0.305 e. The maximum atomic E-state index is 11.4. The number of carbonyl (C=O) groups is 1. The van der Waals surface area contributed by atoms with Crippen molar-refractivity contribution in [1.82, 2.24) is 0 Å². The molecular weight excluding hydrogens is 504 g/mol. The molecule has 4 unspecified atom stereocenters. The number of unbranched alkanes of at least 4 members (excludes halogenated alkanes) is 16. The summed E-state index contributed by atoms with van der Waals surface area (Å²) in [7, 11) is 3.29. The number of ether oxygens (including phenoxy) is 2. The van der Waals surface area contributed by atoms with Crippen molar-refractivity contribution in [3.63, 3.8) is 0 Å². The number of hydrogen-bond donors (Lipinski definition) is 0. The molecule has 3 heteroatoms. The minimum absolute atomic E-state index is 0.0664. The van der Waals surface area contributed by atoms with E-state index in [1.807, 2.05) is 0 Å². The second-order valence-corrected chi connectivity index (χ2v) is 12.9. The number of methoxy groups -OCH3 is 2. The summed E-state index contributed by atoms with van der Waals surface area (Å²) in [6, 6.07) is 0. The Balaban J connectivity index is 2.72. The summed E-state index contributed by atoms with van der Waals surface area (Å²) in [6.45, 7) is 5.56. The highest BCUT2D eigenvalue weighted by molar-refractivity contribution is 5.68. The van der Waals surface area contributed by atoms with Crippen LogP contribution in [0.4, 0.5) is 0 Å². The van der Waals surface area contributed by atoms with Crippen LogP contribution in [0.25, 0.3) is 0 Å². The van der Waals surface area contributed by atoms with E-state index in [0.29, 0.717) is 18.3 Å². The molecule has 41 heavy (non-hydrogen) atoms. The topological polar surface area (TPSA) is 35.5 Å². The molecule has 1 aliphatic rings. The van der Waals surface area contributed by atoms with Crippen LogP contribution in [0.3, 0.4) is 0 Å². The Morgan fingerprint density at radius 1 is 0.634 bits per heavy atom. The number of carbonyl (C=O) groups excluding carboxylic acids is 1. The molecule has 240 valence electrons. The Labute approximate surface area is 256 Å². The third kappa shape index (κ3) is 19.7. The van der Waals surface area contributed by atoms with Crippen LogP contribution < -0.4 is 0 Å². The van der Waals surface area contributed by atoms with Crippen LogP contribution in [0.2, 0.25) is 0 Å². The highest BCUT2D eigenvalue weighted by Gasteiger charge is 2.33. The van der Waals surface area contributed by atoms with E-state index in [1.54, 1.807) is 7.11 Å². The minimum atomic E-state index is -0.0664. The van der Waals surface area contributed by atoms with E-state index in [-0.39, 0.29) is 5.97 Å². The molecule has 0 aromatic rings. The molecule has 0 radical (unpaired) electrons. The Hall–Kier alpha value is -1.09. The van der Waals surface area contributed by atoms with Crippen molar-refractivity contribution in [2.45, 2.75) is 168 Å². The molecule has 0 spiro atoms. The Morgan fingerprint density at radius 2 is 1.17 bits per heavy atom. The summed E-state index contributed by atoms with van der Waals surface area (Å²) >= 11 is 0. The van der Waals surface area contributed by atoms with Crippen LogP contribution in [-0.2, 0) is 14.3 Å². The smallest absolute Gasteiger partial charge is 0.305 e. The molecule has 0 bridgehead atoms. The van der Waals surface area contributed by atoms with Gasteiger partial charge in [-0.15, -0.1) is 0 Å². The summed E-state index contributed by atoms with van der Waals surface area (Å²) < 4.78 is 9.97. The molecule has 0 fully saturated rings. The third-order valence-electron chi connectivity index (χ3n) is 9.40. The van der Waals surface area contributed by atoms with E-state index in [4.69, 9.17) is 9.47 Å². The molecule has 0 aliphatic heterocycles. The van der Waals surface area contributed by atoms with E-state index in [0.717, 1.165) is 31.3 Å². The molecular formula is C38H70O3. The minimum Gasteiger partial charge on any atom is -0.469 e. The zero-order valence-corrected chi connectivity index (χ0v) is 28.0. The Kier molecular flexibility index (Phi) is 25.7. The lowest BCUT2D eigenvalue weighted by molar-refractivity contribution is -0.140. The predicted molar refractivity (Wildman–Crippen MR) is 178 cm³/mol. The van der Waals surface area contributed by atoms with Gasteiger partial charge in [0.15, 0.2) is 0 Å². The van der Waals surface area contributed by atoms with Gasteiger partial charge in [-0.25, -0.2) is 0 Å². The normalized spacial score (nSPS) is 20.7. The van der Waals surface area contributed by atoms with E-state index < -0.39 is 0 Å². The first-order chi connectivity index (χ1) is 20.2. The van der Waals surface area contributed by atoms with Crippen LogP contribution in [0.5, 0.6) is 0 Å². The molecule has 4 atom stereocenters. The van der Waals surface area contributed by atoms with Gasteiger partial charge in [-0.2, -0.15) is 0 Å². The zero-order valence-electron chi connectivity index (χ0n) is 28.0. The van der Waals surface area contributed by atoms with Crippen LogP contribution in [-0.4, -0.2) is 26.8 Å². The van der Waals surface area contributed by atoms with Gasteiger partial charge in [-0.05, 0) is 68.6 Å². The van der Waals surface area contributed by atoms with Crippen molar-refractivity contribution < 1.29 is 14.3 Å². The third-order valence-corrected chi connectivity index (χ3v) is 9.40. The van der Waals surface area contributed by atoms with Gasteiger partial charge in [-0.1, -0.05) is 141 Å². The van der Waals surface area contributed by atoms with Crippen LogP contribution in [0.1, 0.15) is 168 Å². The van der Waals surface area contributed by atoms with Gasteiger partial charge in [0.05, 0.1) is 7.11 Å². The summed E-state index contributed by atoms with van der Waals surface area (Å²) in [6.07, 6.45) is 41.4. The molecule has 0 aromatic carbocycles. The average molecular weight is 575 g/mol. The molecule has 0 heterocycles. The standard InChI is InChI=1S/C38H70O3/c1-5-7-9-20-26-34-31-32-35(27-21-16-15-18-24-30-38(39)41-4)37(36(34)28-22-10-8-6-2)29-23-17-13-11-12-14-19-25-33-40-3/h23,29,31-32,34-37H,5-22,24-28,30,33H2,1-4H3/b29-23+. The quantitative estimate of drug-likeness (QED) is 0.0529. The highest BCUT2D eigenvalue weighted by atomic mass is 16.5. The fourth-order valence-corrected chi connectivity index (χ4v) is 6.81. The lowest BCUT2D eigenvalue weighted by Crippen LogP contribution is -2.30. The number of rotatable bonds is 28. The van der Waals surface area contributed by atoms with E-state index in [1.165, 1.54) is 142 Å². The largest absolute Gasteiger partial charge is 0.469 e. The van der Waals surface area contributed by atoms with Crippen molar-refractivity contribution in [3.05, 3.63) is 24.3 Å². The summed E-state index contributed by atoms with van der Waals surface area (Å²) in [5.74, 6) is 2.94. The molecule has 3 nitrogen and oxygen atoms in total. The van der Waals surface area contributed by atoms with Gasteiger partial charge in [0.2, 0.25) is 0 Å². The van der Waals surface area contributed by atoms with Gasteiger partial charge in [0.25, 0.3) is 0 Å². The lowest BCUT2D eigenvalue weighted by atomic mass is 9.66. The van der Waals surface area contributed by atoms with E-state index >= 15 is 0 Å². The first kappa shape index (κ1) is 37.9. The van der Waals surface area contributed by atoms with Gasteiger partial charge in [-0.3, -0.25) is 4.79 Å².